The Hall–Kier alpha value is -2.61. The average molecular weight is 349 g/mol. The number of carbonyl (C=O) groups is 2. The van der Waals surface area contributed by atoms with Crippen molar-refractivity contribution in [1.29, 1.82) is 0 Å². The number of methoxy groups -OCH3 is 2. The molecule has 0 bridgehead atoms. The third-order valence-electron chi connectivity index (χ3n) is 3.39. The lowest BCUT2D eigenvalue weighted by atomic mass is 10.1. The summed E-state index contributed by atoms with van der Waals surface area (Å²) in [6.45, 7) is 0.435. The number of carbonyl (C=O) groups excluding carboxylic acids is 2. The Labute approximate surface area is 144 Å². The Morgan fingerprint density at radius 3 is 2.75 bits per heavy atom. The summed E-state index contributed by atoms with van der Waals surface area (Å²) in [5, 5.41) is 5.32. The predicted octanol–water partition coefficient (Wildman–Crippen LogP) is 1.31. The minimum atomic E-state index is -0.722. The molecule has 0 saturated heterocycles. The van der Waals surface area contributed by atoms with Gasteiger partial charge in [-0.1, -0.05) is 6.07 Å². The molecule has 0 radical (unpaired) electrons. The molecule has 1 atom stereocenters. The monoisotopic (exact) mass is 349 g/mol. The molecule has 1 heterocycles. The number of rotatable bonds is 9. The molecule has 0 saturated carbocycles. The third-order valence-corrected chi connectivity index (χ3v) is 4.23. The van der Waals surface area contributed by atoms with E-state index in [1.54, 1.807) is 25.9 Å². The number of hydrogen-bond acceptors (Lipinski definition) is 6. The van der Waals surface area contributed by atoms with Gasteiger partial charge in [0, 0.05) is 12.7 Å². The molecule has 0 spiro atoms. The van der Waals surface area contributed by atoms with Crippen LogP contribution in [-0.2, 0) is 16.0 Å². The number of thiazole rings is 1. The molecule has 128 valence electrons. The molecule has 0 fully saturated rings. The van der Waals surface area contributed by atoms with Crippen molar-refractivity contribution >= 4 is 23.7 Å². The summed E-state index contributed by atoms with van der Waals surface area (Å²) < 4.78 is 10.4. The van der Waals surface area contributed by atoms with Crippen LogP contribution in [0.2, 0.25) is 0 Å². The van der Waals surface area contributed by atoms with E-state index in [-0.39, 0.29) is 5.91 Å². The number of hydrogen-bond donors (Lipinski definition) is 2. The maximum absolute atomic E-state index is 12.2. The second-order valence-electron chi connectivity index (χ2n) is 4.85. The number of nitrogens with zero attached hydrogens (tertiary/aromatic N) is 1. The van der Waals surface area contributed by atoms with Crippen LogP contribution in [0.25, 0.3) is 0 Å². The van der Waals surface area contributed by atoms with Crippen molar-refractivity contribution in [2.75, 3.05) is 20.8 Å². The first-order chi connectivity index (χ1) is 11.7. The first-order valence-corrected chi connectivity index (χ1v) is 8.14. The van der Waals surface area contributed by atoms with E-state index < -0.39 is 6.04 Å². The molecule has 0 aliphatic heterocycles. The summed E-state index contributed by atoms with van der Waals surface area (Å²) in [4.78, 5) is 27.6. The van der Waals surface area contributed by atoms with Crippen LogP contribution in [0.15, 0.2) is 29.9 Å². The lowest BCUT2D eigenvalue weighted by Gasteiger charge is -2.14. The van der Waals surface area contributed by atoms with Gasteiger partial charge in [0.2, 0.25) is 12.3 Å². The minimum absolute atomic E-state index is 0.271. The van der Waals surface area contributed by atoms with Gasteiger partial charge in [0.25, 0.3) is 0 Å². The van der Waals surface area contributed by atoms with Crippen molar-refractivity contribution in [3.8, 4) is 11.5 Å². The molecule has 24 heavy (non-hydrogen) atoms. The highest BCUT2D eigenvalue weighted by molar-refractivity contribution is 7.09. The van der Waals surface area contributed by atoms with Gasteiger partial charge in [-0.15, -0.1) is 11.3 Å². The standard InChI is InChI=1S/C16H19N3O4S/c1-22-12-4-3-11(7-13(12)23-2)5-6-18-16(21)15(19-9-20)14-8-17-10-24-14/h3-4,7-10,15H,5-6H2,1-2H3,(H,18,21)(H,19,20). The molecule has 1 unspecified atom stereocenters. The van der Waals surface area contributed by atoms with Crippen LogP contribution in [0.3, 0.4) is 0 Å². The average Bonchev–Trinajstić information content (AvgIpc) is 3.13. The molecular formula is C16H19N3O4S. The Kier molecular flexibility index (Phi) is 6.56. The fourth-order valence-corrected chi connectivity index (χ4v) is 2.87. The van der Waals surface area contributed by atoms with Gasteiger partial charge in [-0.05, 0) is 24.1 Å². The van der Waals surface area contributed by atoms with E-state index in [0.717, 1.165) is 5.56 Å². The topological polar surface area (TPSA) is 89.6 Å². The highest BCUT2D eigenvalue weighted by Gasteiger charge is 2.20. The van der Waals surface area contributed by atoms with Crippen molar-refractivity contribution in [2.45, 2.75) is 12.5 Å². The van der Waals surface area contributed by atoms with Crippen molar-refractivity contribution in [1.82, 2.24) is 15.6 Å². The zero-order chi connectivity index (χ0) is 17.4. The second-order valence-corrected chi connectivity index (χ2v) is 5.77. The van der Waals surface area contributed by atoms with Gasteiger partial charge in [0.1, 0.15) is 6.04 Å². The summed E-state index contributed by atoms with van der Waals surface area (Å²) >= 11 is 1.31. The van der Waals surface area contributed by atoms with Crippen molar-refractivity contribution in [2.24, 2.45) is 0 Å². The largest absolute Gasteiger partial charge is 0.493 e. The van der Waals surface area contributed by atoms with E-state index in [4.69, 9.17) is 9.47 Å². The molecule has 2 aromatic rings. The number of amides is 2. The molecule has 2 N–H and O–H groups in total. The van der Waals surface area contributed by atoms with Crippen LogP contribution in [0.4, 0.5) is 0 Å². The Balaban J connectivity index is 1.93. The molecule has 1 aromatic heterocycles. The second kappa shape index (κ2) is 8.88. The van der Waals surface area contributed by atoms with Crippen LogP contribution >= 0.6 is 11.3 Å². The number of nitrogens with one attached hydrogen (secondary N) is 2. The van der Waals surface area contributed by atoms with E-state index in [1.807, 2.05) is 18.2 Å². The number of benzene rings is 1. The lowest BCUT2D eigenvalue weighted by Crippen LogP contribution is -2.37. The highest BCUT2D eigenvalue weighted by atomic mass is 32.1. The maximum atomic E-state index is 12.2. The van der Waals surface area contributed by atoms with E-state index in [0.29, 0.717) is 35.8 Å². The first kappa shape index (κ1) is 17.7. The van der Waals surface area contributed by atoms with Gasteiger partial charge >= 0.3 is 0 Å². The van der Waals surface area contributed by atoms with Gasteiger partial charge in [-0.3, -0.25) is 14.6 Å². The molecular weight excluding hydrogens is 330 g/mol. The van der Waals surface area contributed by atoms with Crippen molar-refractivity contribution in [3.05, 3.63) is 40.3 Å². The van der Waals surface area contributed by atoms with Crippen LogP contribution in [0.5, 0.6) is 11.5 Å². The zero-order valence-electron chi connectivity index (χ0n) is 13.4. The fourth-order valence-electron chi connectivity index (χ4n) is 2.19. The molecule has 1 aromatic carbocycles. The van der Waals surface area contributed by atoms with Gasteiger partial charge in [0.05, 0.1) is 24.6 Å². The smallest absolute Gasteiger partial charge is 0.248 e. The molecule has 7 nitrogen and oxygen atoms in total. The molecule has 8 heteroatoms. The van der Waals surface area contributed by atoms with Gasteiger partial charge < -0.3 is 20.1 Å². The van der Waals surface area contributed by atoms with E-state index in [1.165, 1.54) is 11.3 Å². The molecule has 2 rings (SSSR count). The summed E-state index contributed by atoms with van der Waals surface area (Å²) in [6, 6.07) is 4.89. The fraction of sp³-hybridized carbons (Fsp3) is 0.312. The Bertz CT molecular complexity index is 676. The summed E-state index contributed by atoms with van der Waals surface area (Å²) in [5.41, 5.74) is 2.62. The molecule has 0 aliphatic carbocycles. The highest BCUT2D eigenvalue weighted by Crippen LogP contribution is 2.27. The zero-order valence-corrected chi connectivity index (χ0v) is 14.3. The van der Waals surface area contributed by atoms with E-state index >= 15 is 0 Å². The van der Waals surface area contributed by atoms with Gasteiger partial charge in [-0.2, -0.15) is 0 Å². The minimum Gasteiger partial charge on any atom is -0.493 e. The normalized spacial score (nSPS) is 11.4. The first-order valence-electron chi connectivity index (χ1n) is 7.26. The van der Waals surface area contributed by atoms with E-state index in [2.05, 4.69) is 15.6 Å². The van der Waals surface area contributed by atoms with Crippen LogP contribution in [-0.4, -0.2) is 38.1 Å². The third kappa shape index (κ3) is 4.45. The Morgan fingerprint density at radius 2 is 2.12 bits per heavy atom. The van der Waals surface area contributed by atoms with Gasteiger partial charge in [0.15, 0.2) is 11.5 Å². The summed E-state index contributed by atoms with van der Waals surface area (Å²) in [6.07, 6.45) is 2.71. The van der Waals surface area contributed by atoms with Crippen LogP contribution in [0.1, 0.15) is 16.5 Å². The lowest BCUT2D eigenvalue weighted by molar-refractivity contribution is -0.125. The van der Waals surface area contributed by atoms with Crippen LogP contribution < -0.4 is 20.1 Å². The molecule has 2 amide bonds. The summed E-state index contributed by atoms with van der Waals surface area (Å²) in [7, 11) is 3.16. The number of aromatic nitrogens is 1. The van der Waals surface area contributed by atoms with Crippen molar-refractivity contribution < 1.29 is 19.1 Å². The maximum Gasteiger partial charge on any atom is 0.248 e. The van der Waals surface area contributed by atoms with Crippen LogP contribution in [0, 0.1) is 0 Å². The SMILES string of the molecule is COc1ccc(CCNC(=O)C(NC=O)c2cncs2)cc1OC. The molecule has 0 aliphatic rings. The van der Waals surface area contributed by atoms with Crippen molar-refractivity contribution in [3.63, 3.8) is 0 Å². The quantitative estimate of drug-likeness (QED) is 0.666. The number of ether oxygens (including phenoxy) is 2. The van der Waals surface area contributed by atoms with Gasteiger partial charge in [-0.25, -0.2) is 0 Å². The predicted molar refractivity (Wildman–Crippen MR) is 90.3 cm³/mol. The summed E-state index contributed by atoms with van der Waals surface area (Å²) in [5.74, 6) is 1.03. The van der Waals surface area contributed by atoms with E-state index in [9.17, 15) is 9.59 Å². The Morgan fingerprint density at radius 1 is 1.33 bits per heavy atom.